The lowest BCUT2D eigenvalue weighted by Gasteiger charge is -2.36. The van der Waals surface area contributed by atoms with E-state index in [4.69, 9.17) is 0 Å². The molecule has 1 aliphatic carbocycles. The van der Waals surface area contributed by atoms with E-state index in [1.807, 2.05) is 16.6 Å². The zero-order valence-corrected chi connectivity index (χ0v) is 18.3. The molecule has 1 aliphatic heterocycles. The van der Waals surface area contributed by atoms with Crippen LogP contribution in [0, 0.1) is 11.8 Å². The summed E-state index contributed by atoms with van der Waals surface area (Å²) in [5.41, 5.74) is 6.08. The van der Waals surface area contributed by atoms with Gasteiger partial charge in [-0.25, -0.2) is 13.9 Å². The van der Waals surface area contributed by atoms with Crippen LogP contribution in [0.15, 0.2) is 24.5 Å². The molecule has 8 nitrogen and oxygen atoms in total. The van der Waals surface area contributed by atoms with Crippen LogP contribution in [0.4, 0.5) is 4.39 Å². The second-order valence-electron chi connectivity index (χ2n) is 9.13. The van der Waals surface area contributed by atoms with Gasteiger partial charge in [0.15, 0.2) is 11.7 Å². The molecule has 3 heterocycles. The minimum Gasteiger partial charge on any atom is -0.348 e. The van der Waals surface area contributed by atoms with E-state index in [-0.39, 0.29) is 24.3 Å². The van der Waals surface area contributed by atoms with E-state index in [0.717, 1.165) is 37.0 Å². The van der Waals surface area contributed by atoms with Crippen molar-refractivity contribution in [2.24, 2.45) is 11.8 Å². The molecule has 4 rings (SSSR count). The van der Waals surface area contributed by atoms with Crippen molar-refractivity contribution in [3.63, 3.8) is 0 Å². The van der Waals surface area contributed by atoms with Gasteiger partial charge < -0.3 is 15.5 Å². The first kappa shape index (κ1) is 21.7. The van der Waals surface area contributed by atoms with Crippen molar-refractivity contribution in [1.29, 1.82) is 0 Å². The Balaban J connectivity index is 1.49. The number of fused-ring (bicyclic) bond motifs is 1. The Hall–Kier alpha value is -2.55. The first-order chi connectivity index (χ1) is 14.9. The average Bonchev–Trinajstić information content (AvgIpc) is 3.42. The molecule has 9 heteroatoms. The molecule has 3 atom stereocenters. The topological polar surface area (TPSA) is 98.5 Å². The number of hydrogen-bond acceptors (Lipinski definition) is 4. The van der Waals surface area contributed by atoms with Crippen LogP contribution in [0.3, 0.4) is 0 Å². The number of halogens is 1. The molecular formula is C22H32FN6O2+. The molecule has 1 saturated carbocycles. The van der Waals surface area contributed by atoms with Crippen LogP contribution < -0.4 is 5.73 Å². The molecule has 2 aliphatic rings. The minimum absolute atomic E-state index is 0.0637. The van der Waals surface area contributed by atoms with Crippen molar-refractivity contribution in [3.05, 3.63) is 30.2 Å². The molecule has 0 bridgehead atoms. The van der Waals surface area contributed by atoms with Crippen molar-refractivity contribution >= 4 is 17.5 Å². The van der Waals surface area contributed by atoms with Gasteiger partial charge in [-0.15, -0.1) is 0 Å². The molecule has 2 amide bonds. The Kier molecular flexibility index (Phi) is 6.22. The van der Waals surface area contributed by atoms with E-state index in [2.05, 4.69) is 21.9 Å². The number of likely N-dealkylation sites (tertiary alicyclic amines) is 1. The number of amides is 2. The van der Waals surface area contributed by atoms with E-state index >= 15 is 0 Å². The Morgan fingerprint density at radius 3 is 2.58 bits per heavy atom. The largest absolute Gasteiger partial charge is 0.348 e. The van der Waals surface area contributed by atoms with Gasteiger partial charge in [0.2, 0.25) is 5.91 Å². The van der Waals surface area contributed by atoms with E-state index in [1.165, 1.54) is 4.90 Å². The number of hydrogen-bond donors (Lipinski definition) is 1. The number of alkyl halides is 1. The second-order valence-corrected chi connectivity index (χ2v) is 9.13. The van der Waals surface area contributed by atoms with Crippen LogP contribution in [0.5, 0.6) is 0 Å². The molecule has 1 saturated heterocycles. The number of quaternary nitrogens is 1. The minimum atomic E-state index is -0.978. The van der Waals surface area contributed by atoms with Gasteiger partial charge in [0.1, 0.15) is 18.4 Å². The van der Waals surface area contributed by atoms with Crippen molar-refractivity contribution in [2.75, 3.05) is 27.2 Å². The third-order valence-corrected chi connectivity index (χ3v) is 6.95. The molecule has 2 aromatic rings. The molecule has 0 unspecified atom stereocenters. The van der Waals surface area contributed by atoms with Gasteiger partial charge in [0, 0.05) is 32.3 Å². The summed E-state index contributed by atoms with van der Waals surface area (Å²) in [5, 5.41) is 4.36. The van der Waals surface area contributed by atoms with E-state index in [0.29, 0.717) is 18.9 Å². The van der Waals surface area contributed by atoms with E-state index in [9.17, 15) is 14.0 Å². The fraction of sp³-hybridized carbons (Fsp3) is 0.636. The molecular weight excluding hydrogens is 399 g/mol. The summed E-state index contributed by atoms with van der Waals surface area (Å²) in [7, 11) is 3.44. The zero-order valence-electron chi connectivity index (χ0n) is 18.3. The maximum atomic E-state index is 13.6. The lowest BCUT2D eigenvalue weighted by Crippen LogP contribution is -2.73. The highest BCUT2D eigenvalue weighted by molar-refractivity contribution is 5.89. The Labute approximate surface area is 181 Å². The van der Waals surface area contributed by atoms with Gasteiger partial charge in [-0.2, -0.15) is 5.10 Å². The molecule has 0 radical (unpaired) electrons. The van der Waals surface area contributed by atoms with Crippen LogP contribution in [0.2, 0.25) is 0 Å². The van der Waals surface area contributed by atoms with Gasteiger partial charge >= 0.3 is 0 Å². The normalized spacial score (nSPS) is 26.1. The predicted molar refractivity (Wildman–Crippen MR) is 113 cm³/mol. The SMILES string of the molecule is CN(C)C(=O)[C@@H](C1CCC(c2cccc3ncnn23)CC1)[C@H]([NH3+])C(=O)N1CC[C@H](F)C1. The molecule has 168 valence electrons. The summed E-state index contributed by atoms with van der Waals surface area (Å²) >= 11 is 0. The summed E-state index contributed by atoms with van der Waals surface area (Å²) in [5.74, 6) is -0.330. The standard InChI is InChI=1S/C22H31FN6O2/c1-27(2)21(30)19(20(24)22(31)28-11-10-16(23)12-28)15-8-6-14(7-9-15)17-4-3-5-18-25-13-26-29(17)18/h3-5,13-16,19-20H,6-12,24H2,1-2H3/p+1/t14?,15?,16-,19-,20-/m0/s1. The number of nitrogens with zero attached hydrogens (tertiary/aromatic N) is 5. The number of rotatable bonds is 5. The molecule has 2 aromatic heterocycles. The summed E-state index contributed by atoms with van der Waals surface area (Å²) in [6.45, 7) is 0.520. The van der Waals surface area contributed by atoms with Crippen molar-refractivity contribution in [2.45, 2.75) is 50.2 Å². The van der Waals surface area contributed by atoms with Crippen LogP contribution >= 0.6 is 0 Å². The lowest BCUT2D eigenvalue weighted by atomic mass is 9.72. The first-order valence-electron chi connectivity index (χ1n) is 11.1. The summed E-state index contributed by atoms with van der Waals surface area (Å²) in [4.78, 5) is 33.5. The number of pyridine rings is 1. The van der Waals surface area contributed by atoms with Crippen molar-refractivity contribution < 1.29 is 19.7 Å². The highest BCUT2D eigenvalue weighted by Crippen LogP contribution is 2.40. The third-order valence-electron chi connectivity index (χ3n) is 6.95. The highest BCUT2D eigenvalue weighted by Gasteiger charge is 2.44. The number of aromatic nitrogens is 3. The second kappa shape index (κ2) is 8.90. The summed E-state index contributed by atoms with van der Waals surface area (Å²) < 4.78 is 15.5. The Morgan fingerprint density at radius 2 is 1.94 bits per heavy atom. The summed E-state index contributed by atoms with van der Waals surface area (Å²) in [6.07, 6.45) is 4.46. The fourth-order valence-electron chi connectivity index (χ4n) is 5.26. The highest BCUT2D eigenvalue weighted by atomic mass is 19.1. The number of carbonyl (C=O) groups is 2. The van der Waals surface area contributed by atoms with Crippen molar-refractivity contribution in [1.82, 2.24) is 24.4 Å². The van der Waals surface area contributed by atoms with Gasteiger partial charge in [-0.05, 0) is 50.2 Å². The van der Waals surface area contributed by atoms with Gasteiger partial charge in [0.25, 0.3) is 5.91 Å². The van der Waals surface area contributed by atoms with Crippen LogP contribution in [-0.2, 0) is 9.59 Å². The lowest BCUT2D eigenvalue weighted by molar-refractivity contribution is -0.418. The molecule has 31 heavy (non-hydrogen) atoms. The monoisotopic (exact) mass is 431 g/mol. The molecule has 3 N–H and O–H groups in total. The molecule has 0 aromatic carbocycles. The fourth-order valence-corrected chi connectivity index (χ4v) is 5.26. The van der Waals surface area contributed by atoms with Crippen LogP contribution in [-0.4, -0.2) is 75.6 Å². The Bertz CT molecular complexity index is 939. The van der Waals surface area contributed by atoms with E-state index in [1.54, 1.807) is 25.3 Å². The zero-order chi connectivity index (χ0) is 22.1. The van der Waals surface area contributed by atoms with Gasteiger partial charge in [0.05, 0.1) is 6.54 Å². The van der Waals surface area contributed by atoms with Crippen molar-refractivity contribution in [3.8, 4) is 0 Å². The smallest absolute Gasteiger partial charge is 0.281 e. The first-order valence-corrected chi connectivity index (χ1v) is 11.1. The quantitative estimate of drug-likeness (QED) is 0.760. The van der Waals surface area contributed by atoms with Crippen LogP contribution in [0.1, 0.15) is 43.7 Å². The summed E-state index contributed by atoms with van der Waals surface area (Å²) in [6, 6.07) is 5.33. The number of carbonyl (C=O) groups excluding carboxylic acids is 2. The third kappa shape index (κ3) is 4.28. The average molecular weight is 432 g/mol. The predicted octanol–water partition coefficient (Wildman–Crippen LogP) is 0.888. The Morgan fingerprint density at radius 1 is 1.19 bits per heavy atom. The van der Waals surface area contributed by atoms with E-state index < -0.39 is 18.1 Å². The van der Waals surface area contributed by atoms with Crippen LogP contribution in [0.25, 0.3) is 5.65 Å². The maximum Gasteiger partial charge on any atom is 0.281 e. The molecule has 2 fully saturated rings. The molecule has 0 spiro atoms. The van der Waals surface area contributed by atoms with Gasteiger partial charge in [-0.1, -0.05) is 6.07 Å². The van der Waals surface area contributed by atoms with Gasteiger partial charge in [-0.3, -0.25) is 9.59 Å². The maximum absolute atomic E-state index is 13.6.